The summed E-state index contributed by atoms with van der Waals surface area (Å²) in [7, 11) is 0. The number of nitrogens with zero attached hydrogens (tertiary/aromatic N) is 2. The zero-order valence-electron chi connectivity index (χ0n) is 9.62. The molecule has 0 aliphatic carbocycles. The van der Waals surface area contributed by atoms with Gasteiger partial charge in [-0.1, -0.05) is 18.2 Å². The first-order chi connectivity index (χ1) is 8.27. The molecule has 1 atom stereocenters. The Kier molecular flexibility index (Phi) is 3.93. The first-order valence-electron chi connectivity index (χ1n) is 5.83. The van der Waals surface area contributed by atoms with Crippen LogP contribution in [0.1, 0.15) is 19.3 Å². The van der Waals surface area contributed by atoms with Crippen molar-refractivity contribution in [2.75, 3.05) is 13.3 Å². The second-order valence-electron chi connectivity index (χ2n) is 4.16. The molecule has 0 N–H and O–H groups in total. The molecular formula is C12H16N2O3. The smallest absolute Gasteiger partial charge is 0.271 e. The Hall–Kier alpha value is -1.62. The second kappa shape index (κ2) is 5.63. The van der Waals surface area contributed by atoms with Gasteiger partial charge in [-0.25, -0.2) is 4.90 Å². The average molecular weight is 236 g/mol. The van der Waals surface area contributed by atoms with Gasteiger partial charge in [0.25, 0.3) is 6.17 Å². The van der Waals surface area contributed by atoms with Gasteiger partial charge >= 0.3 is 0 Å². The average Bonchev–Trinajstić information content (AvgIpc) is 2.38. The number of para-hydroxylation sites is 1. The third kappa shape index (κ3) is 3.17. The number of piperidine rings is 1. The van der Waals surface area contributed by atoms with Crippen LogP contribution in [0.3, 0.4) is 0 Å². The first-order valence-corrected chi connectivity index (χ1v) is 5.83. The Morgan fingerprint density at radius 3 is 2.82 bits per heavy atom. The topological polar surface area (TPSA) is 55.6 Å². The van der Waals surface area contributed by atoms with E-state index in [4.69, 9.17) is 4.74 Å². The van der Waals surface area contributed by atoms with E-state index >= 15 is 0 Å². The maximum atomic E-state index is 10.9. The minimum Gasteiger partial charge on any atom is -0.478 e. The van der Waals surface area contributed by atoms with Crippen LogP contribution in [0.5, 0.6) is 5.75 Å². The molecule has 0 bridgehead atoms. The minimum atomic E-state index is -0.590. The predicted octanol–water partition coefficient (Wildman–Crippen LogP) is 2.11. The highest BCUT2D eigenvalue weighted by atomic mass is 16.6. The normalized spacial score (nSPS) is 21.1. The molecule has 5 heteroatoms. The van der Waals surface area contributed by atoms with E-state index in [9.17, 15) is 10.1 Å². The number of ether oxygens (including phenoxy) is 1. The highest BCUT2D eigenvalue weighted by Crippen LogP contribution is 2.18. The van der Waals surface area contributed by atoms with E-state index in [0.29, 0.717) is 6.42 Å². The number of likely N-dealkylation sites (tertiary alicyclic amines) is 1. The van der Waals surface area contributed by atoms with E-state index in [1.165, 1.54) is 0 Å². The van der Waals surface area contributed by atoms with Crippen molar-refractivity contribution in [2.24, 2.45) is 0 Å². The van der Waals surface area contributed by atoms with Gasteiger partial charge in [0.1, 0.15) is 12.5 Å². The van der Waals surface area contributed by atoms with Crippen LogP contribution in [-0.4, -0.2) is 29.3 Å². The van der Waals surface area contributed by atoms with Crippen LogP contribution in [0.4, 0.5) is 0 Å². The summed E-state index contributed by atoms with van der Waals surface area (Å²) in [6.07, 6.45) is 1.95. The Morgan fingerprint density at radius 2 is 2.12 bits per heavy atom. The van der Waals surface area contributed by atoms with Gasteiger partial charge in [0, 0.05) is 17.9 Å². The van der Waals surface area contributed by atoms with Crippen LogP contribution in [0.25, 0.3) is 0 Å². The van der Waals surface area contributed by atoms with Crippen molar-refractivity contribution in [2.45, 2.75) is 25.4 Å². The van der Waals surface area contributed by atoms with Crippen molar-refractivity contribution in [3.63, 3.8) is 0 Å². The standard InChI is InChI=1S/C12H16N2O3/c15-14(16)12-8-4-5-9-13(12)10-17-11-6-2-1-3-7-11/h1-3,6-7,12H,4-5,8-10H2. The van der Waals surface area contributed by atoms with Gasteiger partial charge in [-0.3, -0.25) is 10.1 Å². The molecule has 5 nitrogen and oxygen atoms in total. The molecule has 0 aromatic heterocycles. The molecule has 1 aromatic rings. The van der Waals surface area contributed by atoms with Gasteiger partial charge in [-0.05, 0) is 25.0 Å². The van der Waals surface area contributed by atoms with Crippen LogP contribution in [0.2, 0.25) is 0 Å². The number of benzene rings is 1. The van der Waals surface area contributed by atoms with Gasteiger partial charge in [-0.15, -0.1) is 0 Å². The van der Waals surface area contributed by atoms with Crippen LogP contribution >= 0.6 is 0 Å². The molecule has 1 saturated heterocycles. The molecular weight excluding hydrogens is 220 g/mol. The van der Waals surface area contributed by atoms with E-state index in [-0.39, 0.29) is 11.7 Å². The molecule has 1 unspecified atom stereocenters. The Labute approximate surface area is 100 Å². The SMILES string of the molecule is O=[N+]([O-])C1CCCCN1COc1ccccc1. The summed E-state index contributed by atoms with van der Waals surface area (Å²) in [5, 5.41) is 10.9. The summed E-state index contributed by atoms with van der Waals surface area (Å²) in [6, 6.07) is 9.39. The van der Waals surface area contributed by atoms with E-state index in [2.05, 4.69) is 0 Å². The molecule has 1 aliphatic rings. The van der Waals surface area contributed by atoms with E-state index < -0.39 is 6.17 Å². The molecule has 1 aromatic carbocycles. The highest BCUT2D eigenvalue weighted by molar-refractivity contribution is 5.20. The third-order valence-corrected chi connectivity index (χ3v) is 2.96. The lowest BCUT2D eigenvalue weighted by Crippen LogP contribution is -2.46. The van der Waals surface area contributed by atoms with Crippen molar-refractivity contribution in [3.8, 4) is 5.75 Å². The monoisotopic (exact) mass is 236 g/mol. The van der Waals surface area contributed by atoms with E-state index in [1.54, 1.807) is 4.90 Å². The first kappa shape index (κ1) is 11.9. The van der Waals surface area contributed by atoms with Crippen molar-refractivity contribution in [3.05, 3.63) is 40.4 Å². The van der Waals surface area contributed by atoms with Crippen LogP contribution in [-0.2, 0) is 0 Å². The summed E-state index contributed by atoms with van der Waals surface area (Å²) in [4.78, 5) is 12.5. The fourth-order valence-corrected chi connectivity index (χ4v) is 2.04. The Balaban J connectivity index is 1.90. The zero-order chi connectivity index (χ0) is 12.1. The molecule has 92 valence electrons. The second-order valence-corrected chi connectivity index (χ2v) is 4.16. The summed E-state index contributed by atoms with van der Waals surface area (Å²) in [6.45, 7) is 1.02. The lowest BCUT2D eigenvalue weighted by molar-refractivity contribution is -0.556. The summed E-state index contributed by atoms with van der Waals surface area (Å²) in [5.74, 6) is 0.750. The van der Waals surface area contributed by atoms with Crippen molar-refractivity contribution in [1.82, 2.24) is 4.90 Å². The molecule has 1 fully saturated rings. The van der Waals surface area contributed by atoms with E-state index in [0.717, 1.165) is 25.1 Å². The number of nitro groups is 1. The predicted molar refractivity (Wildman–Crippen MR) is 63.3 cm³/mol. The molecule has 0 amide bonds. The molecule has 1 heterocycles. The molecule has 2 rings (SSSR count). The van der Waals surface area contributed by atoms with Crippen LogP contribution < -0.4 is 4.74 Å². The highest BCUT2D eigenvalue weighted by Gasteiger charge is 2.31. The molecule has 0 spiro atoms. The summed E-state index contributed by atoms with van der Waals surface area (Å²) in [5.41, 5.74) is 0. The van der Waals surface area contributed by atoms with Crippen LogP contribution in [0.15, 0.2) is 30.3 Å². The third-order valence-electron chi connectivity index (χ3n) is 2.96. The van der Waals surface area contributed by atoms with Gasteiger partial charge < -0.3 is 4.74 Å². The van der Waals surface area contributed by atoms with E-state index in [1.807, 2.05) is 30.3 Å². The molecule has 17 heavy (non-hydrogen) atoms. The fourth-order valence-electron chi connectivity index (χ4n) is 2.04. The quantitative estimate of drug-likeness (QED) is 0.593. The number of hydrogen-bond acceptors (Lipinski definition) is 4. The largest absolute Gasteiger partial charge is 0.478 e. The lowest BCUT2D eigenvalue weighted by atomic mass is 10.1. The van der Waals surface area contributed by atoms with Crippen LogP contribution in [0, 0.1) is 10.1 Å². The van der Waals surface area contributed by atoms with Gasteiger partial charge in [0.15, 0.2) is 0 Å². The van der Waals surface area contributed by atoms with Crippen molar-refractivity contribution in [1.29, 1.82) is 0 Å². The maximum absolute atomic E-state index is 10.9. The molecule has 0 radical (unpaired) electrons. The Bertz CT molecular complexity index is 369. The molecule has 0 saturated carbocycles. The van der Waals surface area contributed by atoms with Gasteiger partial charge in [0.05, 0.1) is 0 Å². The maximum Gasteiger partial charge on any atom is 0.271 e. The fraction of sp³-hybridized carbons (Fsp3) is 0.500. The zero-order valence-corrected chi connectivity index (χ0v) is 9.62. The Morgan fingerprint density at radius 1 is 1.35 bits per heavy atom. The van der Waals surface area contributed by atoms with Crippen molar-refractivity contribution >= 4 is 0 Å². The van der Waals surface area contributed by atoms with Gasteiger partial charge in [0.2, 0.25) is 0 Å². The lowest BCUT2D eigenvalue weighted by Gasteiger charge is -2.28. The summed E-state index contributed by atoms with van der Waals surface area (Å²) < 4.78 is 5.55. The summed E-state index contributed by atoms with van der Waals surface area (Å²) >= 11 is 0. The number of hydrogen-bond donors (Lipinski definition) is 0. The van der Waals surface area contributed by atoms with Crippen molar-refractivity contribution < 1.29 is 9.66 Å². The van der Waals surface area contributed by atoms with Gasteiger partial charge in [-0.2, -0.15) is 0 Å². The number of rotatable bonds is 4. The molecule has 1 aliphatic heterocycles. The minimum absolute atomic E-state index is 0.215.